The molecule has 0 unspecified atom stereocenters. The summed E-state index contributed by atoms with van der Waals surface area (Å²) in [7, 11) is 3.40. The van der Waals surface area contributed by atoms with Crippen molar-refractivity contribution in [2.24, 2.45) is 11.8 Å². The molecule has 0 heterocycles. The zero-order valence-electron chi connectivity index (χ0n) is 8.53. The van der Waals surface area contributed by atoms with Gasteiger partial charge in [0.15, 0.2) is 0 Å². The molecular formula is C9H19NO2. The molecule has 0 aliphatic carbocycles. The Labute approximate surface area is 74.4 Å². The molecular weight excluding hydrogens is 154 g/mol. The quantitative estimate of drug-likeness (QED) is 0.683. The van der Waals surface area contributed by atoms with E-state index < -0.39 is 6.10 Å². The standard InChI is InChI=1S/C9H19NO2/c1-6(2)8(11)7(3)9(12)10(4)5/h6-8,11H,1-5H3/t7-,8+/m1/s1. The van der Waals surface area contributed by atoms with Crippen LogP contribution in [0.2, 0.25) is 0 Å². The predicted molar refractivity (Wildman–Crippen MR) is 48.7 cm³/mol. The van der Waals surface area contributed by atoms with Gasteiger partial charge in [-0.3, -0.25) is 4.79 Å². The molecule has 0 saturated heterocycles. The first-order chi connectivity index (χ1) is 5.37. The molecule has 0 aromatic heterocycles. The van der Waals surface area contributed by atoms with Gasteiger partial charge in [-0.25, -0.2) is 0 Å². The van der Waals surface area contributed by atoms with Gasteiger partial charge in [-0.15, -0.1) is 0 Å². The summed E-state index contributed by atoms with van der Waals surface area (Å²) in [5.74, 6) is -0.194. The first-order valence-electron chi connectivity index (χ1n) is 4.27. The Morgan fingerprint density at radius 2 is 1.67 bits per heavy atom. The highest BCUT2D eigenvalue weighted by atomic mass is 16.3. The number of nitrogens with zero attached hydrogens (tertiary/aromatic N) is 1. The number of hydrogen-bond acceptors (Lipinski definition) is 2. The summed E-state index contributed by atoms with van der Waals surface area (Å²) in [5, 5.41) is 9.57. The van der Waals surface area contributed by atoms with Crippen LogP contribution in [0, 0.1) is 11.8 Å². The van der Waals surface area contributed by atoms with Gasteiger partial charge in [0.05, 0.1) is 12.0 Å². The van der Waals surface area contributed by atoms with Crippen LogP contribution in [0.25, 0.3) is 0 Å². The second-order valence-corrected chi connectivity index (χ2v) is 3.76. The fourth-order valence-corrected chi connectivity index (χ4v) is 1.13. The van der Waals surface area contributed by atoms with E-state index in [-0.39, 0.29) is 17.7 Å². The van der Waals surface area contributed by atoms with Crippen molar-refractivity contribution < 1.29 is 9.90 Å². The topological polar surface area (TPSA) is 40.5 Å². The zero-order chi connectivity index (χ0) is 9.89. The monoisotopic (exact) mass is 173 g/mol. The second kappa shape index (κ2) is 4.45. The van der Waals surface area contributed by atoms with E-state index in [1.807, 2.05) is 13.8 Å². The van der Waals surface area contributed by atoms with Gasteiger partial charge in [0.1, 0.15) is 0 Å². The van der Waals surface area contributed by atoms with Gasteiger partial charge in [-0.05, 0) is 5.92 Å². The smallest absolute Gasteiger partial charge is 0.227 e. The molecule has 12 heavy (non-hydrogen) atoms. The van der Waals surface area contributed by atoms with Gasteiger partial charge in [0.25, 0.3) is 0 Å². The van der Waals surface area contributed by atoms with E-state index in [9.17, 15) is 9.90 Å². The fourth-order valence-electron chi connectivity index (χ4n) is 1.13. The Morgan fingerprint density at radius 1 is 1.25 bits per heavy atom. The number of carbonyl (C=O) groups is 1. The van der Waals surface area contributed by atoms with E-state index in [4.69, 9.17) is 0 Å². The SMILES string of the molecule is CC(C)[C@H](O)[C@@H](C)C(=O)N(C)C. The Hall–Kier alpha value is -0.570. The molecule has 1 amide bonds. The molecule has 72 valence electrons. The molecule has 0 spiro atoms. The lowest BCUT2D eigenvalue weighted by molar-refractivity contribution is -0.136. The minimum Gasteiger partial charge on any atom is -0.392 e. The molecule has 2 atom stereocenters. The van der Waals surface area contributed by atoms with Crippen LogP contribution in [-0.4, -0.2) is 36.1 Å². The molecule has 0 rings (SSSR count). The van der Waals surface area contributed by atoms with Crippen LogP contribution in [0.3, 0.4) is 0 Å². The molecule has 0 aliphatic rings. The lowest BCUT2D eigenvalue weighted by atomic mass is 9.94. The molecule has 1 N–H and O–H groups in total. The van der Waals surface area contributed by atoms with Crippen LogP contribution in [0.1, 0.15) is 20.8 Å². The molecule has 0 fully saturated rings. The van der Waals surface area contributed by atoms with Crippen molar-refractivity contribution in [2.75, 3.05) is 14.1 Å². The van der Waals surface area contributed by atoms with Gasteiger partial charge < -0.3 is 10.0 Å². The van der Waals surface area contributed by atoms with Crippen molar-refractivity contribution in [1.29, 1.82) is 0 Å². The van der Waals surface area contributed by atoms with E-state index in [1.54, 1.807) is 21.0 Å². The second-order valence-electron chi connectivity index (χ2n) is 3.76. The van der Waals surface area contributed by atoms with Crippen molar-refractivity contribution >= 4 is 5.91 Å². The van der Waals surface area contributed by atoms with Crippen LogP contribution in [-0.2, 0) is 4.79 Å². The Kier molecular flexibility index (Phi) is 4.24. The lowest BCUT2D eigenvalue weighted by Gasteiger charge is -2.23. The van der Waals surface area contributed by atoms with Crippen molar-refractivity contribution in [3.8, 4) is 0 Å². The minimum atomic E-state index is -0.542. The number of carbonyl (C=O) groups excluding carboxylic acids is 1. The average Bonchev–Trinajstić information content (AvgIpc) is 2.00. The molecule has 0 aliphatic heterocycles. The molecule has 0 bridgehead atoms. The summed E-state index contributed by atoms with van der Waals surface area (Å²) >= 11 is 0. The van der Waals surface area contributed by atoms with Gasteiger partial charge in [-0.1, -0.05) is 20.8 Å². The van der Waals surface area contributed by atoms with Gasteiger partial charge in [-0.2, -0.15) is 0 Å². The molecule has 0 radical (unpaired) electrons. The first-order valence-corrected chi connectivity index (χ1v) is 4.27. The molecule has 0 saturated carbocycles. The number of rotatable bonds is 3. The summed E-state index contributed by atoms with van der Waals surface area (Å²) in [6.07, 6.45) is -0.542. The largest absolute Gasteiger partial charge is 0.392 e. The van der Waals surface area contributed by atoms with E-state index in [1.165, 1.54) is 4.90 Å². The maximum absolute atomic E-state index is 11.4. The highest BCUT2D eigenvalue weighted by Gasteiger charge is 2.25. The van der Waals surface area contributed by atoms with Gasteiger partial charge in [0, 0.05) is 14.1 Å². The predicted octanol–water partition coefficient (Wildman–Crippen LogP) is 0.728. The van der Waals surface area contributed by atoms with E-state index >= 15 is 0 Å². The minimum absolute atomic E-state index is 0.0174. The fraction of sp³-hybridized carbons (Fsp3) is 0.889. The number of aliphatic hydroxyl groups is 1. The van der Waals surface area contributed by atoms with Crippen LogP contribution >= 0.6 is 0 Å². The third-order valence-electron chi connectivity index (χ3n) is 2.03. The van der Waals surface area contributed by atoms with E-state index in [0.717, 1.165) is 0 Å². The lowest BCUT2D eigenvalue weighted by Crippen LogP contribution is -2.37. The molecule has 3 heteroatoms. The third kappa shape index (κ3) is 2.81. The summed E-state index contributed by atoms with van der Waals surface area (Å²) < 4.78 is 0. The average molecular weight is 173 g/mol. The van der Waals surface area contributed by atoms with Crippen molar-refractivity contribution in [1.82, 2.24) is 4.90 Å². The maximum atomic E-state index is 11.4. The Bertz CT molecular complexity index is 155. The number of aliphatic hydroxyl groups excluding tert-OH is 1. The van der Waals surface area contributed by atoms with Crippen LogP contribution in [0.5, 0.6) is 0 Å². The van der Waals surface area contributed by atoms with Gasteiger partial charge >= 0.3 is 0 Å². The van der Waals surface area contributed by atoms with Crippen LogP contribution in [0.4, 0.5) is 0 Å². The summed E-state index contributed by atoms with van der Waals surface area (Å²) in [4.78, 5) is 12.9. The summed E-state index contributed by atoms with van der Waals surface area (Å²) in [6.45, 7) is 5.57. The maximum Gasteiger partial charge on any atom is 0.227 e. The molecule has 0 aromatic carbocycles. The Balaban J connectivity index is 4.19. The van der Waals surface area contributed by atoms with Crippen molar-refractivity contribution in [2.45, 2.75) is 26.9 Å². The van der Waals surface area contributed by atoms with E-state index in [0.29, 0.717) is 0 Å². The van der Waals surface area contributed by atoms with Crippen LogP contribution in [0.15, 0.2) is 0 Å². The van der Waals surface area contributed by atoms with Gasteiger partial charge in [0.2, 0.25) is 5.91 Å². The normalized spacial score (nSPS) is 15.9. The Morgan fingerprint density at radius 3 is 1.92 bits per heavy atom. The zero-order valence-corrected chi connectivity index (χ0v) is 8.53. The highest BCUT2D eigenvalue weighted by Crippen LogP contribution is 2.13. The number of hydrogen-bond donors (Lipinski definition) is 1. The van der Waals surface area contributed by atoms with Crippen LogP contribution < -0.4 is 0 Å². The number of amides is 1. The summed E-state index contributed by atoms with van der Waals surface area (Å²) in [6, 6.07) is 0. The first kappa shape index (κ1) is 11.4. The molecule has 0 aromatic rings. The van der Waals surface area contributed by atoms with Crippen molar-refractivity contribution in [3.63, 3.8) is 0 Å². The van der Waals surface area contributed by atoms with Crippen molar-refractivity contribution in [3.05, 3.63) is 0 Å². The molecule has 3 nitrogen and oxygen atoms in total. The third-order valence-corrected chi connectivity index (χ3v) is 2.03. The van der Waals surface area contributed by atoms with E-state index in [2.05, 4.69) is 0 Å². The highest BCUT2D eigenvalue weighted by molar-refractivity contribution is 5.78. The summed E-state index contributed by atoms with van der Waals surface area (Å²) in [5.41, 5.74) is 0.